The SMILES string of the molecule is CC(c1ccccn1)n1c(CCCl)nc2ccc(Cl)cc21. The third kappa shape index (κ3) is 2.76. The molecule has 2 aromatic heterocycles. The van der Waals surface area contributed by atoms with E-state index in [9.17, 15) is 0 Å². The molecule has 0 bridgehead atoms. The normalized spacial score (nSPS) is 12.7. The summed E-state index contributed by atoms with van der Waals surface area (Å²) in [5.41, 5.74) is 2.94. The molecule has 0 aliphatic carbocycles. The summed E-state index contributed by atoms with van der Waals surface area (Å²) in [5, 5.41) is 0.703. The number of aryl methyl sites for hydroxylation is 1. The molecule has 1 atom stereocenters. The van der Waals surface area contributed by atoms with Gasteiger partial charge in [-0.3, -0.25) is 4.98 Å². The Morgan fingerprint density at radius 2 is 2.10 bits per heavy atom. The van der Waals surface area contributed by atoms with E-state index in [1.54, 1.807) is 6.20 Å². The van der Waals surface area contributed by atoms with Crippen molar-refractivity contribution in [1.82, 2.24) is 14.5 Å². The number of benzene rings is 1. The molecule has 5 heteroatoms. The first-order valence-corrected chi connectivity index (χ1v) is 7.75. The summed E-state index contributed by atoms with van der Waals surface area (Å²) in [6.07, 6.45) is 2.52. The van der Waals surface area contributed by atoms with Crippen LogP contribution in [0.2, 0.25) is 5.02 Å². The number of pyridine rings is 1. The van der Waals surface area contributed by atoms with Crippen molar-refractivity contribution >= 4 is 34.2 Å². The van der Waals surface area contributed by atoms with Crippen LogP contribution in [0.4, 0.5) is 0 Å². The highest BCUT2D eigenvalue weighted by molar-refractivity contribution is 6.31. The minimum Gasteiger partial charge on any atom is -0.319 e. The molecule has 0 radical (unpaired) electrons. The third-order valence-corrected chi connectivity index (χ3v) is 3.97. The molecule has 0 spiro atoms. The van der Waals surface area contributed by atoms with Crippen LogP contribution in [0.5, 0.6) is 0 Å². The highest BCUT2D eigenvalue weighted by atomic mass is 35.5. The van der Waals surface area contributed by atoms with Gasteiger partial charge in [-0.2, -0.15) is 0 Å². The molecule has 3 rings (SSSR count). The molecule has 0 aliphatic rings. The number of imidazole rings is 1. The Labute approximate surface area is 133 Å². The molecule has 21 heavy (non-hydrogen) atoms. The summed E-state index contributed by atoms with van der Waals surface area (Å²) < 4.78 is 2.17. The van der Waals surface area contributed by atoms with Gasteiger partial charge in [0, 0.05) is 23.5 Å². The standard InChI is InChI=1S/C16H15Cl2N3/c1-11(13-4-2-3-9-19-13)21-15-10-12(18)5-6-14(15)20-16(21)7-8-17/h2-6,9-11H,7-8H2,1H3. The molecule has 0 N–H and O–H groups in total. The Bertz CT molecular complexity index is 753. The molecular formula is C16H15Cl2N3. The fourth-order valence-corrected chi connectivity index (χ4v) is 2.90. The van der Waals surface area contributed by atoms with Gasteiger partial charge in [-0.1, -0.05) is 17.7 Å². The summed E-state index contributed by atoms with van der Waals surface area (Å²) in [5.74, 6) is 1.49. The number of hydrogen-bond donors (Lipinski definition) is 0. The third-order valence-electron chi connectivity index (χ3n) is 3.55. The summed E-state index contributed by atoms with van der Waals surface area (Å²) in [4.78, 5) is 9.13. The largest absolute Gasteiger partial charge is 0.319 e. The Morgan fingerprint density at radius 1 is 1.24 bits per heavy atom. The van der Waals surface area contributed by atoms with Crippen molar-refractivity contribution < 1.29 is 0 Å². The van der Waals surface area contributed by atoms with E-state index in [-0.39, 0.29) is 6.04 Å². The van der Waals surface area contributed by atoms with E-state index in [0.29, 0.717) is 17.3 Å². The lowest BCUT2D eigenvalue weighted by Gasteiger charge is -2.17. The Balaban J connectivity index is 2.18. The molecule has 3 nitrogen and oxygen atoms in total. The van der Waals surface area contributed by atoms with Crippen LogP contribution in [0.3, 0.4) is 0 Å². The number of nitrogens with zero attached hydrogens (tertiary/aromatic N) is 3. The molecule has 0 aliphatic heterocycles. The topological polar surface area (TPSA) is 30.7 Å². The van der Waals surface area contributed by atoms with E-state index >= 15 is 0 Å². The van der Waals surface area contributed by atoms with E-state index in [0.717, 1.165) is 22.6 Å². The molecule has 2 heterocycles. The first-order valence-electron chi connectivity index (χ1n) is 6.84. The number of fused-ring (bicyclic) bond motifs is 1. The Hall–Kier alpha value is -1.58. The van der Waals surface area contributed by atoms with Crippen LogP contribution in [0.1, 0.15) is 24.5 Å². The predicted octanol–water partition coefficient (Wildman–Crippen LogP) is 4.48. The van der Waals surface area contributed by atoms with Crippen LogP contribution in [0, 0.1) is 0 Å². The maximum atomic E-state index is 6.14. The molecule has 1 aromatic carbocycles. The van der Waals surface area contributed by atoms with Gasteiger partial charge in [0.1, 0.15) is 5.82 Å². The minimum atomic E-state index is 0.0767. The van der Waals surface area contributed by atoms with Crippen LogP contribution < -0.4 is 0 Å². The molecular weight excluding hydrogens is 305 g/mol. The zero-order valence-corrected chi connectivity index (χ0v) is 13.1. The lowest BCUT2D eigenvalue weighted by Crippen LogP contribution is -2.12. The molecule has 0 saturated carbocycles. The van der Waals surface area contributed by atoms with Crippen molar-refractivity contribution in [3.8, 4) is 0 Å². The summed E-state index contributed by atoms with van der Waals surface area (Å²) in [6.45, 7) is 2.11. The van der Waals surface area contributed by atoms with Gasteiger partial charge in [0.25, 0.3) is 0 Å². The van der Waals surface area contributed by atoms with E-state index < -0.39 is 0 Å². The second kappa shape index (κ2) is 6.04. The predicted molar refractivity (Wildman–Crippen MR) is 87.2 cm³/mol. The molecule has 0 fully saturated rings. The van der Waals surface area contributed by atoms with Gasteiger partial charge in [-0.25, -0.2) is 4.98 Å². The molecule has 0 amide bonds. The average Bonchev–Trinajstić information content (AvgIpc) is 2.85. The van der Waals surface area contributed by atoms with Crippen molar-refractivity contribution in [2.75, 3.05) is 5.88 Å². The van der Waals surface area contributed by atoms with E-state index in [2.05, 4.69) is 21.5 Å². The second-order valence-electron chi connectivity index (χ2n) is 4.90. The Kier molecular flexibility index (Phi) is 4.13. The lowest BCUT2D eigenvalue weighted by molar-refractivity contribution is 0.607. The number of halogens is 2. The molecule has 108 valence electrons. The van der Waals surface area contributed by atoms with Gasteiger partial charge < -0.3 is 4.57 Å². The minimum absolute atomic E-state index is 0.0767. The van der Waals surface area contributed by atoms with Crippen molar-refractivity contribution in [3.63, 3.8) is 0 Å². The first kappa shape index (κ1) is 14.4. The van der Waals surface area contributed by atoms with Crippen LogP contribution in [-0.2, 0) is 6.42 Å². The van der Waals surface area contributed by atoms with Crippen LogP contribution in [0.25, 0.3) is 11.0 Å². The summed E-state index contributed by atoms with van der Waals surface area (Å²) >= 11 is 12.1. The molecule has 1 unspecified atom stereocenters. The average molecular weight is 320 g/mol. The van der Waals surface area contributed by atoms with E-state index in [4.69, 9.17) is 23.2 Å². The Morgan fingerprint density at radius 3 is 2.81 bits per heavy atom. The number of rotatable bonds is 4. The zero-order chi connectivity index (χ0) is 14.8. The van der Waals surface area contributed by atoms with Gasteiger partial charge in [-0.05, 0) is 37.3 Å². The fourth-order valence-electron chi connectivity index (χ4n) is 2.56. The highest BCUT2D eigenvalue weighted by Gasteiger charge is 2.17. The maximum absolute atomic E-state index is 6.14. The van der Waals surface area contributed by atoms with Crippen LogP contribution in [-0.4, -0.2) is 20.4 Å². The van der Waals surface area contributed by atoms with E-state index in [1.807, 2.05) is 36.4 Å². The van der Waals surface area contributed by atoms with Crippen LogP contribution >= 0.6 is 23.2 Å². The quantitative estimate of drug-likeness (QED) is 0.664. The van der Waals surface area contributed by atoms with Gasteiger partial charge in [0.05, 0.1) is 22.8 Å². The van der Waals surface area contributed by atoms with Crippen molar-refractivity contribution in [1.29, 1.82) is 0 Å². The van der Waals surface area contributed by atoms with Crippen molar-refractivity contribution in [2.45, 2.75) is 19.4 Å². The van der Waals surface area contributed by atoms with Gasteiger partial charge >= 0.3 is 0 Å². The summed E-state index contributed by atoms with van der Waals surface area (Å²) in [6, 6.07) is 11.7. The van der Waals surface area contributed by atoms with Gasteiger partial charge in [0.15, 0.2) is 0 Å². The highest BCUT2D eigenvalue weighted by Crippen LogP contribution is 2.27. The number of alkyl halides is 1. The monoisotopic (exact) mass is 319 g/mol. The lowest BCUT2D eigenvalue weighted by atomic mass is 10.2. The van der Waals surface area contributed by atoms with E-state index in [1.165, 1.54) is 0 Å². The molecule has 0 saturated heterocycles. The maximum Gasteiger partial charge on any atom is 0.111 e. The molecule has 3 aromatic rings. The fraction of sp³-hybridized carbons (Fsp3) is 0.250. The van der Waals surface area contributed by atoms with Gasteiger partial charge in [0.2, 0.25) is 0 Å². The zero-order valence-electron chi connectivity index (χ0n) is 11.6. The first-order chi connectivity index (χ1) is 10.2. The van der Waals surface area contributed by atoms with Crippen molar-refractivity contribution in [2.24, 2.45) is 0 Å². The van der Waals surface area contributed by atoms with Gasteiger partial charge in [-0.15, -0.1) is 11.6 Å². The second-order valence-corrected chi connectivity index (χ2v) is 5.72. The number of aromatic nitrogens is 3. The van der Waals surface area contributed by atoms with Crippen LogP contribution in [0.15, 0.2) is 42.6 Å². The summed E-state index contributed by atoms with van der Waals surface area (Å²) in [7, 11) is 0. The number of hydrogen-bond acceptors (Lipinski definition) is 2. The smallest absolute Gasteiger partial charge is 0.111 e. The van der Waals surface area contributed by atoms with Crippen molar-refractivity contribution in [3.05, 3.63) is 59.1 Å².